The molecule has 5 nitrogen and oxygen atoms in total. The number of aliphatic imine (C=N–C) groups is 1. The van der Waals surface area contributed by atoms with Crippen LogP contribution in [0.5, 0.6) is 11.5 Å². The van der Waals surface area contributed by atoms with E-state index in [4.69, 9.17) is 9.47 Å². The van der Waals surface area contributed by atoms with Gasteiger partial charge >= 0.3 is 0 Å². The molecule has 0 aliphatic carbocycles. The Labute approximate surface area is 146 Å². The van der Waals surface area contributed by atoms with E-state index < -0.39 is 0 Å². The molecule has 1 aromatic carbocycles. The predicted octanol–water partition coefficient (Wildman–Crippen LogP) is 3.41. The minimum atomic E-state index is -0.182. The van der Waals surface area contributed by atoms with E-state index in [1.54, 1.807) is 14.2 Å². The third-order valence-electron chi connectivity index (χ3n) is 4.26. The van der Waals surface area contributed by atoms with Gasteiger partial charge in [0.2, 0.25) is 0 Å². The number of amidine groups is 1. The zero-order valence-electron chi connectivity index (χ0n) is 14.2. The molecule has 128 valence electrons. The molecule has 2 aliphatic heterocycles. The first kappa shape index (κ1) is 16.9. The lowest BCUT2D eigenvalue weighted by atomic mass is 10.0. The van der Waals surface area contributed by atoms with Gasteiger partial charge in [-0.2, -0.15) is 4.99 Å². The lowest BCUT2D eigenvalue weighted by molar-refractivity contribution is -0.113. The average Bonchev–Trinajstić information content (AvgIpc) is 2.95. The van der Waals surface area contributed by atoms with Gasteiger partial charge in [-0.3, -0.25) is 4.79 Å². The van der Waals surface area contributed by atoms with Gasteiger partial charge in [-0.1, -0.05) is 19.1 Å². The van der Waals surface area contributed by atoms with Crippen molar-refractivity contribution < 1.29 is 14.3 Å². The van der Waals surface area contributed by atoms with Crippen molar-refractivity contribution in [3.05, 3.63) is 28.7 Å². The van der Waals surface area contributed by atoms with Gasteiger partial charge in [0.15, 0.2) is 16.7 Å². The quantitative estimate of drug-likeness (QED) is 0.785. The maximum Gasteiger partial charge on any atom is 0.286 e. The van der Waals surface area contributed by atoms with Crippen LogP contribution in [0.3, 0.4) is 0 Å². The Morgan fingerprint density at radius 3 is 2.88 bits per heavy atom. The number of methoxy groups -OCH3 is 2. The lowest BCUT2D eigenvalue weighted by Crippen LogP contribution is -2.37. The number of carbonyl (C=O) groups is 1. The minimum Gasteiger partial charge on any atom is -0.493 e. The van der Waals surface area contributed by atoms with Gasteiger partial charge in [-0.05, 0) is 42.7 Å². The molecule has 1 aromatic rings. The summed E-state index contributed by atoms with van der Waals surface area (Å²) in [7, 11) is 3.20. The zero-order chi connectivity index (χ0) is 17.1. The molecule has 2 aliphatic rings. The van der Waals surface area contributed by atoms with Crippen molar-refractivity contribution in [1.82, 2.24) is 4.90 Å². The second kappa shape index (κ2) is 7.30. The van der Waals surface area contributed by atoms with Crippen LogP contribution in [-0.4, -0.2) is 43.3 Å². The van der Waals surface area contributed by atoms with E-state index in [2.05, 4.69) is 16.8 Å². The number of piperidine rings is 1. The maximum atomic E-state index is 12.3. The first-order valence-corrected chi connectivity index (χ1v) is 8.92. The molecule has 3 rings (SSSR count). The molecule has 0 spiro atoms. The summed E-state index contributed by atoms with van der Waals surface area (Å²) in [6.07, 6.45) is 4.22. The molecule has 1 amide bonds. The monoisotopic (exact) mass is 346 g/mol. The number of nitrogens with zero attached hydrogens (tertiary/aromatic N) is 2. The number of amides is 1. The van der Waals surface area contributed by atoms with Gasteiger partial charge in [0.1, 0.15) is 0 Å². The Morgan fingerprint density at radius 1 is 1.33 bits per heavy atom. The fourth-order valence-electron chi connectivity index (χ4n) is 3.06. The van der Waals surface area contributed by atoms with E-state index in [-0.39, 0.29) is 5.91 Å². The number of rotatable bonds is 3. The fraction of sp³-hybridized carbons (Fsp3) is 0.444. The van der Waals surface area contributed by atoms with Crippen LogP contribution in [-0.2, 0) is 4.79 Å². The van der Waals surface area contributed by atoms with Crippen LogP contribution in [0.25, 0.3) is 6.08 Å². The van der Waals surface area contributed by atoms with E-state index in [9.17, 15) is 4.79 Å². The highest BCUT2D eigenvalue weighted by Crippen LogP contribution is 2.36. The maximum absolute atomic E-state index is 12.3. The van der Waals surface area contributed by atoms with Crippen LogP contribution >= 0.6 is 11.8 Å². The van der Waals surface area contributed by atoms with Gasteiger partial charge < -0.3 is 14.4 Å². The Morgan fingerprint density at radius 2 is 2.17 bits per heavy atom. The number of benzene rings is 1. The molecule has 2 heterocycles. The fourth-order valence-corrected chi connectivity index (χ4v) is 4.00. The number of hydrogen-bond acceptors (Lipinski definition) is 5. The molecule has 0 bridgehead atoms. The molecule has 0 saturated carbocycles. The topological polar surface area (TPSA) is 51.1 Å². The largest absolute Gasteiger partial charge is 0.493 e. The summed E-state index contributed by atoms with van der Waals surface area (Å²) in [5, 5.41) is 0.819. The highest BCUT2D eigenvalue weighted by molar-refractivity contribution is 8.18. The van der Waals surface area contributed by atoms with E-state index in [0.717, 1.165) is 30.2 Å². The second-order valence-corrected chi connectivity index (χ2v) is 7.10. The third-order valence-corrected chi connectivity index (χ3v) is 5.30. The van der Waals surface area contributed by atoms with Crippen LogP contribution in [0.4, 0.5) is 0 Å². The first-order chi connectivity index (χ1) is 11.6. The first-order valence-electron chi connectivity index (χ1n) is 8.11. The van der Waals surface area contributed by atoms with Gasteiger partial charge in [0.25, 0.3) is 5.91 Å². The normalized spacial score (nSPS) is 22.7. The van der Waals surface area contributed by atoms with Crippen molar-refractivity contribution in [1.29, 1.82) is 0 Å². The lowest BCUT2D eigenvalue weighted by Gasteiger charge is -2.31. The van der Waals surface area contributed by atoms with Gasteiger partial charge in [0, 0.05) is 18.7 Å². The average molecular weight is 346 g/mol. The number of likely N-dealkylation sites (tertiary alicyclic amines) is 1. The molecule has 6 heteroatoms. The molecular formula is C18H22N2O3S. The Hall–Kier alpha value is -1.95. The van der Waals surface area contributed by atoms with Gasteiger partial charge in [0.05, 0.1) is 19.1 Å². The summed E-state index contributed by atoms with van der Waals surface area (Å²) in [6.45, 7) is 4.18. The van der Waals surface area contributed by atoms with E-state index in [0.29, 0.717) is 22.3 Å². The molecule has 1 fully saturated rings. The van der Waals surface area contributed by atoms with Crippen LogP contribution in [0.15, 0.2) is 28.1 Å². The number of ether oxygens (including phenoxy) is 2. The van der Waals surface area contributed by atoms with Crippen LogP contribution in [0.2, 0.25) is 0 Å². The molecule has 0 unspecified atom stereocenters. The SMILES string of the molecule is COc1cccc(/C=C2\SC(N3CCC[C@@H](C)C3)=NC2=O)c1OC. The van der Waals surface area contributed by atoms with Crippen molar-refractivity contribution in [3.63, 3.8) is 0 Å². The zero-order valence-corrected chi connectivity index (χ0v) is 15.1. The van der Waals surface area contributed by atoms with Crippen molar-refractivity contribution >= 4 is 28.9 Å². The summed E-state index contributed by atoms with van der Waals surface area (Å²) in [5.41, 5.74) is 0.816. The van der Waals surface area contributed by atoms with Gasteiger partial charge in [-0.15, -0.1) is 0 Å². The van der Waals surface area contributed by atoms with Crippen molar-refractivity contribution in [2.24, 2.45) is 10.9 Å². The van der Waals surface area contributed by atoms with Crippen LogP contribution in [0, 0.1) is 5.92 Å². The Bertz CT molecular complexity index is 700. The summed E-state index contributed by atoms with van der Waals surface area (Å²) in [6, 6.07) is 5.62. The van der Waals surface area contributed by atoms with Crippen LogP contribution in [0.1, 0.15) is 25.3 Å². The highest BCUT2D eigenvalue weighted by atomic mass is 32.2. The molecule has 0 N–H and O–H groups in total. The Kier molecular flexibility index (Phi) is 5.14. The van der Waals surface area contributed by atoms with Crippen molar-refractivity contribution in [2.75, 3.05) is 27.3 Å². The number of para-hydroxylation sites is 1. The molecule has 0 radical (unpaired) electrons. The van der Waals surface area contributed by atoms with E-state index in [1.165, 1.54) is 18.2 Å². The number of carbonyl (C=O) groups excluding carboxylic acids is 1. The highest BCUT2D eigenvalue weighted by Gasteiger charge is 2.28. The smallest absolute Gasteiger partial charge is 0.286 e. The summed E-state index contributed by atoms with van der Waals surface area (Å²) >= 11 is 1.45. The standard InChI is InChI=1S/C18H22N2O3S/c1-12-6-5-9-20(11-12)18-19-17(21)15(24-18)10-13-7-4-8-14(22-2)16(13)23-3/h4,7-8,10,12H,5-6,9,11H2,1-3H3/b15-10-/t12-/m1/s1. The third kappa shape index (κ3) is 3.43. The van der Waals surface area contributed by atoms with Gasteiger partial charge in [-0.25, -0.2) is 0 Å². The van der Waals surface area contributed by atoms with Crippen molar-refractivity contribution in [2.45, 2.75) is 19.8 Å². The number of thioether (sulfide) groups is 1. The number of hydrogen-bond donors (Lipinski definition) is 0. The van der Waals surface area contributed by atoms with E-state index >= 15 is 0 Å². The summed E-state index contributed by atoms with van der Waals surface area (Å²) < 4.78 is 10.7. The second-order valence-electron chi connectivity index (χ2n) is 6.09. The molecule has 1 saturated heterocycles. The molecule has 24 heavy (non-hydrogen) atoms. The van der Waals surface area contributed by atoms with Crippen LogP contribution < -0.4 is 9.47 Å². The molecule has 1 atom stereocenters. The minimum absolute atomic E-state index is 0.182. The summed E-state index contributed by atoms with van der Waals surface area (Å²) in [5.74, 6) is 1.73. The summed E-state index contributed by atoms with van der Waals surface area (Å²) in [4.78, 5) is 19.4. The Balaban J connectivity index is 1.82. The van der Waals surface area contributed by atoms with Crippen molar-refractivity contribution in [3.8, 4) is 11.5 Å². The predicted molar refractivity (Wildman–Crippen MR) is 97.5 cm³/mol. The molecular weight excluding hydrogens is 324 g/mol. The molecule has 0 aromatic heterocycles. The van der Waals surface area contributed by atoms with E-state index in [1.807, 2.05) is 24.3 Å².